The van der Waals surface area contributed by atoms with E-state index in [1.165, 1.54) is 6.07 Å². The number of benzene rings is 1. The van der Waals surface area contributed by atoms with Gasteiger partial charge in [-0.1, -0.05) is 36.4 Å². The van der Waals surface area contributed by atoms with Crippen LogP contribution in [0.25, 0.3) is 23.3 Å². The molecule has 4 nitrogen and oxygen atoms in total. The van der Waals surface area contributed by atoms with Gasteiger partial charge >= 0.3 is 5.97 Å². The molecule has 19 heavy (non-hydrogen) atoms. The van der Waals surface area contributed by atoms with Gasteiger partial charge in [-0.3, -0.25) is 0 Å². The molecule has 0 saturated heterocycles. The summed E-state index contributed by atoms with van der Waals surface area (Å²) < 4.78 is 5.32. The third-order valence-electron chi connectivity index (χ3n) is 2.87. The predicted molar refractivity (Wildman–Crippen MR) is 72.9 cm³/mol. The summed E-state index contributed by atoms with van der Waals surface area (Å²) >= 11 is 0. The molecule has 2 aromatic heterocycles. The monoisotopic (exact) mass is 253 g/mol. The third-order valence-corrected chi connectivity index (χ3v) is 2.87. The van der Waals surface area contributed by atoms with Gasteiger partial charge in [-0.05, 0) is 11.6 Å². The maximum absolute atomic E-state index is 10.9. The second-order valence-electron chi connectivity index (χ2n) is 4.16. The Morgan fingerprint density at radius 1 is 1.21 bits per heavy atom. The van der Waals surface area contributed by atoms with Gasteiger partial charge in [0.25, 0.3) is 0 Å². The molecule has 0 aliphatic heterocycles. The third kappa shape index (κ3) is 2.15. The van der Waals surface area contributed by atoms with Crippen LogP contribution in [0, 0.1) is 0 Å². The fourth-order valence-corrected chi connectivity index (χ4v) is 1.92. The first-order chi connectivity index (χ1) is 9.24. The van der Waals surface area contributed by atoms with E-state index in [2.05, 4.69) is 4.98 Å². The topological polar surface area (TPSA) is 66.2 Å². The Labute approximate surface area is 109 Å². The van der Waals surface area contributed by atoms with E-state index in [1.807, 2.05) is 42.5 Å². The Hall–Kier alpha value is -2.75. The minimum atomic E-state index is -0.996. The molecule has 0 amide bonds. The van der Waals surface area contributed by atoms with Gasteiger partial charge in [0.15, 0.2) is 5.58 Å². The minimum Gasteiger partial charge on any atom is -0.477 e. The standard InChI is InChI=1S/C15H11NO3/c17-15(18)12-8-13-14(16-12)11(9-19-13)7-6-10-4-2-1-3-5-10/h1-9,16H,(H,17,18)/b7-6+. The average molecular weight is 253 g/mol. The number of furan rings is 1. The van der Waals surface area contributed by atoms with Crippen LogP contribution >= 0.6 is 0 Å². The van der Waals surface area contributed by atoms with Gasteiger partial charge in [-0.2, -0.15) is 0 Å². The Morgan fingerprint density at radius 3 is 2.74 bits per heavy atom. The van der Waals surface area contributed by atoms with Crippen molar-refractivity contribution in [1.82, 2.24) is 4.98 Å². The van der Waals surface area contributed by atoms with Gasteiger partial charge in [0.2, 0.25) is 0 Å². The highest BCUT2D eigenvalue weighted by molar-refractivity contribution is 5.95. The maximum atomic E-state index is 10.9. The quantitative estimate of drug-likeness (QED) is 0.749. The van der Waals surface area contributed by atoms with Gasteiger partial charge < -0.3 is 14.5 Å². The van der Waals surface area contributed by atoms with Gasteiger partial charge in [-0.15, -0.1) is 0 Å². The van der Waals surface area contributed by atoms with E-state index >= 15 is 0 Å². The Kier molecular flexibility index (Phi) is 2.68. The summed E-state index contributed by atoms with van der Waals surface area (Å²) in [6.45, 7) is 0. The van der Waals surface area contributed by atoms with Crippen LogP contribution < -0.4 is 0 Å². The van der Waals surface area contributed by atoms with Gasteiger partial charge in [-0.25, -0.2) is 4.79 Å². The first-order valence-corrected chi connectivity index (χ1v) is 5.80. The van der Waals surface area contributed by atoms with E-state index in [9.17, 15) is 4.79 Å². The van der Waals surface area contributed by atoms with E-state index in [0.29, 0.717) is 11.1 Å². The zero-order valence-electron chi connectivity index (χ0n) is 9.96. The fraction of sp³-hybridized carbons (Fsp3) is 0. The normalized spacial score (nSPS) is 11.4. The number of carboxylic acids is 1. The number of nitrogens with one attached hydrogen (secondary N) is 1. The first-order valence-electron chi connectivity index (χ1n) is 5.80. The SMILES string of the molecule is O=C(O)c1cc2occ(/C=C/c3ccccc3)c2[nH]1. The number of aromatic carboxylic acids is 1. The van der Waals surface area contributed by atoms with E-state index in [0.717, 1.165) is 11.1 Å². The lowest BCUT2D eigenvalue weighted by atomic mass is 10.2. The summed E-state index contributed by atoms with van der Waals surface area (Å²) in [6, 6.07) is 11.3. The number of hydrogen-bond acceptors (Lipinski definition) is 2. The van der Waals surface area contributed by atoms with Crippen molar-refractivity contribution in [2.24, 2.45) is 0 Å². The molecular weight excluding hydrogens is 242 g/mol. The van der Waals surface area contributed by atoms with Crippen molar-refractivity contribution < 1.29 is 14.3 Å². The van der Waals surface area contributed by atoms with Gasteiger partial charge in [0.05, 0.1) is 5.52 Å². The van der Waals surface area contributed by atoms with E-state index in [1.54, 1.807) is 6.26 Å². The number of aromatic amines is 1. The van der Waals surface area contributed by atoms with Crippen molar-refractivity contribution in [2.75, 3.05) is 0 Å². The van der Waals surface area contributed by atoms with E-state index < -0.39 is 5.97 Å². The van der Waals surface area contributed by atoms with Gasteiger partial charge in [0.1, 0.15) is 12.0 Å². The van der Waals surface area contributed by atoms with Crippen molar-refractivity contribution in [3.05, 3.63) is 59.5 Å². The maximum Gasteiger partial charge on any atom is 0.352 e. The van der Waals surface area contributed by atoms with Crippen LogP contribution in [0.2, 0.25) is 0 Å². The zero-order chi connectivity index (χ0) is 13.2. The second-order valence-corrected chi connectivity index (χ2v) is 4.16. The van der Waals surface area contributed by atoms with Crippen molar-refractivity contribution in [3.63, 3.8) is 0 Å². The molecule has 2 N–H and O–H groups in total. The highest BCUT2D eigenvalue weighted by Crippen LogP contribution is 2.23. The lowest BCUT2D eigenvalue weighted by Crippen LogP contribution is -1.95. The summed E-state index contributed by atoms with van der Waals surface area (Å²) in [6.07, 6.45) is 5.45. The highest BCUT2D eigenvalue weighted by Gasteiger charge is 2.12. The van der Waals surface area contributed by atoms with Gasteiger partial charge in [0, 0.05) is 11.6 Å². The Bertz CT molecular complexity index is 750. The summed E-state index contributed by atoms with van der Waals surface area (Å²) in [7, 11) is 0. The number of carbonyl (C=O) groups is 1. The number of fused-ring (bicyclic) bond motifs is 1. The Morgan fingerprint density at radius 2 is 2.00 bits per heavy atom. The molecule has 0 bridgehead atoms. The molecule has 0 aliphatic carbocycles. The van der Waals surface area contributed by atoms with E-state index in [4.69, 9.17) is 9.52 Å². The highest BCUT2D eigenvalue weighted by atomic mass is 16.4. The molecule has 0 unspecified atom stereocenters. The fourth-order valence-electron chi connectivity index (χ4n) is 1.92. The van der Waals surface area contributed by atoms with Crippen LogP contribution in [0.5, 0.6) is 0 Å². The van der Waals surface area contributed by atoms with Crippen LogP contribution in [0.1, 0.15) is 21.6 Å². The lowest BCUT2D eigenvalue weighted by Gasteiger charge is -1.91. The molecule has 4 heteroatoms. The van der Waals surface area contributed by atoms with Crippen LogP contribution in [-0.4, -0.2) is 16.1 Å². The van der Waals surface area contributed by atoms with E-state index in [-0.39, 0.29) is 5.69 Å². The Balaban J connectivity index is 1.97. The van der Waals surface area contributed by atoms with Crippen molar-refractivity contribution in [2.45, 2.75) is 0 Å². The van der Waals surface area contributed by atoms with Crippen LogP contribution in [-0.2, 0) is 0 Å². The summed E-state index contributed by atoms with van der Waals surface area (Å²) in [5.74, 6) is -0.996. The van der Waals surface area contributed by atoms with Crippen molar-refractivity contribution >= 4 is 29.2 Å². The first kappa shape index (κ1) is 11.3. The largest absolute Gasteiger partial charge is 0.477 e. The van der Waals surface area contributed by atoms with Crippen molar-refractivity contribution in [3.8, 4) is 0 Å². The van der Waals surface area contributed by atoms with Crippen LogP contribution in [0.4, 0.5) is 0 Å². The molecule has 0 atom stereocenters. The number of aromatic nitrogens is 1. The summed E-state index contributed by atoms with van der Waals surface area (Å²) in [5, 5.41) is 8.91. The molecular formula is C15H11NO3. The number of H-pyrrole nitrogens is 1. The molecule has 0 fully saturated rings. The van der Waals surface area contributed by atoms with Crippen molar-refractivity contribution in [1.29, 1.82) is 0 Å². The molecule has 3 aromatic rings. The minimum absolute atomic E-state index is 0.128. The van der Waals surface area contributed by atoms with Crippen LogP contribution in [0.15, 0.2) is 47.1 Å². The molecule has 94 valence electrons. The predicted octanol–water partition coefficient (Wildman–Crippen LogP) is 3.63. The zero-order valence-corrected chi connectivity index (χ0v) is 9.96. The summed E-state index contributed by atoms with van der Waals surface area (Å²) in [4.78, 5) is 13.7. The lowest BCUT2D eigenvalue weighted by molar-refractivity contribution is 0.0691. The molecule has 2 heterocycles. The number of rotatable bonds is 3. The molecule has 0 radical (unpaired) electrons. The number of hydrogen-bond donors (Lipinski definition) is 2. The molecule has 0 saturated carbocycles. The number of carboxylic acid groups (broad SMARTS) is 1. The van der Waals surface area contributed by atoms with Crippen LogP contribution in [0.3, 0.4) is 0 Å². The molecule has 0 aliphatic rings. The second kappa shape index (κ2) is 4.49. The summed E-state index contributed by atoms with van der Waals surface area (Å²) in [5.41, 5.74) is 3.27. The molecule has 0 spiro atoms. The average Bonchev–Trinajstić information content (AvgIpc) is 2.98. The molecule has 3 rings (SSSR count). The molecule has 1 aromatic carbocycles. The smallest absolute Gasteiger partial charge is 0.352 e.